The normalized spacial score (nSPS) is 12.4. The third kappa shape index (κ3) is 3.29. The third-order valence-electron chi connectivity index (χ3n) is 3.87. The lowest BCUT2D eigenvalue weighted by atomic mass is 9.91. The molecular weight excluding hydrogens is 256 g/mol. The summed E-state index contributed by atoms with van der Waals surface area (Å²) in [5.41, 5.74) is 3.81. The van der Waals surface area contributed by atoms with E-state index in [1.165, 1.54) is 16.5 Å². The van der Waals surface area contributed by atoms with Crippen LogP contribution >= 0.6 is 0 Å². The molecule has 1 heterocycles. The molecule has 0 saturated heterocycles. The molecule has 3 rings (SSSR count). The molecule has 2 nitrogen and oxygen atoms in total. The number of rotatable bonds is 5. The van der Waals surface area contributed by atoms with Crippen LogP contribution in [0.3, 0.4) is 0 Å². The lowest BCUT2D eigenvalue weighted by Gasteiger charge is -2.18. The topological polar surface area (TPSA) is 24.9 Å². The minimum Gasteiger partial charge on any atom is -0.319 e. The molecule has 2 heteroatoms. The zero-order valence-electron chi connectivity index (χ0n) is 12.3. The molecule has 0 aliphatic carbocycles. The molecule has 0 unspecified atom stereocenters. The first kappa shape index (κ1) is 13.8. The summed E-state index contributed by atoms with van der Waals surface area (Å²) in [6.07, 6.45) is 2.89. The van der Waals surface area contributed by atoms with Crippen LogP contribution in [0.15, 0.2) is 66.9 Å². The van der Waals surface area contributed by atoms with Crippen molar-refractivity contribution in [2.75, 3.05) is 13.6 Å². The number of fused-ring (bicyclic) bond motifs is 1. The second-order valence-corrected chi connectivity index (χ2v) is 5.40. The second-order valence-electron chi connectivity index (χ2n) is 5.40. The predicted molar refractivity (Wildman–Crippen MR) is 88.6 cm³/mol. The molecule has 0 amide bonds. The highest BCUT2D eigenvalue weighted by Crippen LogP contribution is 2.23. The summed E-state index contributed by atoms with van der Waals surface area (Å²) in [5.74, 6) is 0.474. The molecule has 106 valence electrons. The number of hydrogen-bond donors (Lipinski definition) is 1. The Bertz CT molecular complexity index is 707. The van der Waals surface area contributed by atoms with E-state index in [-0.39, 0.29) is 0 Å². The van der Waals surface area contributed by atoms with E-state index in [2.05, 4.69) is 64.9 Å². The summed E-state index contributed by atoms with van der Waals surface area (Å²) in [6.45, 7) is 0.973. The maximum absolute atomic E-state index is 4.40. The van der Waals surface area contributed by atoms with Crippen molar-refractivity contribution in [1.82, 2.24) is 10.3 Å². The minimum atomic E-state index is 0.474. The maximum atomic E-state index is 4.40. The maximum Gasteiger partial charge on any atom is 0.0702 e. The van der Waals surface area contributed by atoms with Crippen molar-refractivity contribution in [1.29, 1.82) is 0 Å². The number of hydrogen-bond acceptors (Lipinski definition) is 2. The molecule has 0 fully saturated rings. The first-order chi connectivity index (χ1) is 10.4. The Morgan fingerprint density at radius 2 is 1.86 bits per heavy atom. The molecular formula is C19H20N2. The first-order valence-corrected chi connectivity index (χ1v) is 7.40. The Kier molecular flexibility index (Phi) is 4.27. The van der Waals surface area contributed by atoms with E-state index in [9.17, 15) is 0 Å². The van der Waals surface area contributed by atoms with Gasteiger partial charge in [-0.25, -0.2) is 0 Å². The zero-order chi connectivity index (χ0) is 14.5. The summed E-state index contributed by atoms with van der Waals surface area (Å²) < 4.78 is 0. The molecule has 0 aliphatic heterocycles. The van der Waals surface area contributed by atoms with Gasteiger partial charge < -0.3 is 5.32 Å². The molecule has 2 aromatic carbocycles. The van der Waals surface area contributed by atoms with E-state index in [1.807, 2.05) is 19.3 Å². The summed E-state index contributed by atoms with van der Waals surface area (Å²) >= 11 is 0. The quantitative estimate of drug-likeness (QED) is 0.767. The predicted octanol–water partition coefficient (Wildman–Crippen LogP) is 3.78. The SMILES string of the molecule is CNC[C@@H](Cc1ccccc1)c1ccc2ncccc2c1. The van der Waals surface area contributed by atoms with E-state index in [4.69, 9.17) is 0 Å². The zero-order valence-corrected chi connectivity index (χ0v) is 12.3. The molecule has 1 aromatic heterocycles. The summed E-state index contributed by atoms with van der Waals surface area (Å²) in [5, 5.41) is 4.53. The van der Waals surface area contributed by atoms with E-state index < -0.39 is 0 Å². The van der Waals surface area contributed by atoms with Gasteiger partial charge in [0.15, 0.2) is 0 Å². The van der Waals surface area contributed by atoms with Gasteiger partial charge in [-0.1, -0.05) is 42.5 Å². The van der Waals surface area contributed by atoms with Gasteiger partial charge in [0.1, 0.15) is 0 Å². The van der Waals surface area contributed by atoms with E-state index in [0.717, 1.165) is 18.5 Å². The van der Waals surface area contributed by atoms with Gasteiger partial charge in [0.2, 0.25) is 0 Å². The van der Waals surface area contributed by atoms with Crippen LogP contribution < -0.4 is 5.32 Å². The van der Waals surface area contributed by atoms with Crippen LogP contribution in [0.5, 0.6) is 0 Å². The molecule has 1 N–H and O–H groups in total. The molecule has 0 bridgehead atoms. The van der Waals surface area contributed by atoms with Crippen molar-refractivity contribution in [3.8, 4) is 0 Å². The fraction of sp³-hybridized carbons (Fsp3) is 0.211. The molecule has 0 spiro atoms. The Hall–Kier alpha value is -2.19. The number of pyridine rings is 1. The average molecular weight is 276 g/mol. The Morgan fingerprint density at radius 3 is 2.67 bits per heavy atom. The van der Waals surface area contributed by atoms with Gasteiger partial charge in [-0.05, 0) is 42.8 Å². The van der Waals surface area contributed by atoms with E-state index in [1.54, 1.807) is 0 Å². The summed E-state index contributed by atoms with van der Waals surface area (Å²) in [6, 6.07) is 21.4. The second kappa shape index (κ2) is 6.51. The molecule has 3 aromatic rings. The highest BCUT2D eigenvalue weighted by Gasteiger charge is 2.12. The van der Waals surface area contributed by atoms with Crippen LogP contribution in [-0.2, 0) is 6.42 Å². The van der Waals surface area contributed by atoms with E-state index in [0.29, 0.717) is 5.92 Å². The van der Waals surface area contributed by atoms with Crippen LogP contribution in [-0.4, -0.2) is 18.6 Å². The third-order valence-corrected chi connectivity index (χ3v) is 3.87. The van der Waals surface area contributed by atoms with E-state index >= 15 is 0 Å². The Balaban J connectivity index is 1.91. The van der Waals surface area contributed by atoms with Crippen molar-refractivity contribution in [3.63, 3.8) is 0 Å². The fourth-order valence-electron chi connectivity index (χ4n) is 2.80. The largest absolute Gasteiger partial charge is 0.319 e. The number of nitrogens with one attached hydrogen (secondary N) is 1. The molecule has 0 aliphatic rings. The number of aromatic nitrogens is 1. The number of likely N-dealkylation sites (N-methyl/N-ethyl adjacent to an activating group) is 1. The van der Waals surface area contributed by atoms with Gasteiger partial charge in [-0.15, -0.1) is 0 Å². The van der Waals surface area contributed by atoms with Crippen molar-refractivity contribution in [2.45, 2.75) is 12.3 Å². The van der Waals surface area contributed by atoms with Crippen LogP contribution in [0.25, 0.3) is 10.9 Å². The van der Waals surface area contributed by atoms with Gasteiger partial charge in [-0.2, -0.15) is 0 Å². The monoisotopic (exact) mass is 276 g/mol. The van der Waals surface area contributed by atoms with Crippen molar-refractivity contribution < 1.29 is 0 Å². The van der Waals surface area contributed by atoms with Gasteiger partial charge in [0.25, 0.3) is 0 Å². The van der Waals surface area contributed by atoms with Crippen molar-refractivity contribution in [2.24, 2.45) is 0 Å². The average Bonchev–Trinajstić information content (AvgIpc) is 2.55. The van der Waals surface area contributed by atoms with Crippen LogP contribution in [0.1, 0.15) is 17.0 Å². The standard InChI is InChI=1S/C19H20N2/c1-20-14-18(12-15-6-3-2-4-7-15)16-9-10-19-17(13-16)8-5-11-21-19/h2-11,13,18,20H,12,14H2,1H3/t18-/m1/s1. The molecule has 21 heavy (non-hydrogen) atoms. The van der Waals surface area contributed by atoms with Crippen molar-refractivity contribution >= 4 is 10.9 Å². The summed E-state index contributed by atoms with van der Waals surface area (Å²) in [7, 11) is 2.01. The smallest absolute Gasteiger partial charge is 0.0702 e. The minimum absolute atomic E-state index is 0.474. The summed E-state index contributed by atoms with van der Waals surface area (Å²) in [4.78, 5) is 4.40. The molecule has 0 saturated carbocycles. The Morgan fingerprint density at radius 1 is 1.00 bits per heavy atom. The van der Waals surface area contributed by atoms with Gasteiger partial charge in [-0.3, -0.25) is 4.98 Å². The molecule has 0 radical (unpaired) electrons. The lowest BCUT2D eigenvalue weighted by molar-refractivity contribution is 0.626. The van der Waals surface area contributed by atoms with Crippen LogP contribution in [0.2, 0.25) is 0 Å². The van der Waals surface area contributed by atoms with Crippen LogP contribution in [0.4, 0.5) is 0 Å². The molecule has 1 atom stereocenters. The highest BCUT2D eigenvalue weighted by molar-refractivity contribution is 5.79. The van der Waals surface area contributed by atoms with Gasteiger partial charge in [0, 0.05) is 24.0 Å². The van der Waals surface area contributed by atoms with Crippen LogP contribution in [0, 0.1) is 0 Å². The lowest BCUT2D eigenvalue weighted by Crippen LogP contribution is -2.19. The van der Waals surface area contributed by atoms with Gasteiger partial charge in [0.05, 0.1) is 5.52 Å². The van der Waals surface area contributed by atoms with Crippen molar-refractivity contribution in [3.05, 3.63) is 78.0 Å². The Labute approximate surface area is 125 Å². The number of benzene rings is 2. The highest BCUT2D eigenvalue weighted by atomic mass is 14.8. The fourth-order valence-corrected chi connectivity index (χ4v) is 2.80. The van der Waals surface area contributed by atoms with Gasteiger partial charge >= 0.3 is 0 Å². The number of nitrogens with zero attached hydrogens (tertiary/aromatic N) is 1. The first-order valence-electron chi connectivity index (χ1n) is 7.40.